The van der Waals surface area contributed by atoms with Crippen molar-refractivity contribution < 1.29 is 0 Å². The molecule has 0 unspecified atom stereocenters. The second-order valence-electron chi connectivity index (χ2n) is 4.36. The molecule has 0 spiro atoms. The molecule has 0 amide bonds. The van der Waals surface area contributed by atoms with Crippen molar-refractivity contribution in [3.63, 3.8) is 0 Å². The van der Waals surface area contributed by atoms with Gasteiger partial charge in [-0.05, 0) is 37.1 Å². The van der Waals surface area contributed by atoms with E-state index in [2.05, 4.69) is 20.2 Å². The Morgan fingerprint density at radius 1 is 1.00 bits per heavy atom. The highest BCUT2D eigenvalue weighted by Gasteiger charge is 2.13. The van der Waals surface area contributed by atoms with E-state index in [1.165, 1.54) is 23.1 Å². The number of aryl methyl sites for hydroxylation is 1. The van der Waals surface area contributed by atoms with E-state index < -0.39 is 0 Å². The molecule has 2 aromatic heterocycles. The summed E-state index contributed by atoms with van der Waals surface area (Å²) in [5.41, 5.74) is 2.54. The van der Waals surface area contributed by atoms with Crippen molar-refractivity contribution in [1.29, 1.82) is 10.5 Å². The Labute approximate surface area is 144 Å². The molecule has 3 aromatic rings. The Hall–Kier alpha value is -2.20. The van der Waals surface area contributed by atoms with Gasteiger partial charge in [0.15, 0.2) is 8.68 Å². The van der Waals surface area contributed by atoms with Crippen molar-refractivity contribution in [2.45, 2.75) is 20.6 Å². The van der Waals surface area contributed by atoms with Gasteiger partial charge in [0.1, 0.15) is 17.2 Å². The monoisotopic (exact) mass is 356 g/mol. The summed E-state index contributed by atoms with van der Waals surface area (Å²) in [6, 6.07) is 7.21. The van der Waals surface area contributed by atoms with Crippen LogP contribution in [0.1, 0.15) is 16.8 Å². The van der Waals surface area contributed by atoms with Gasteiger partial charge in [0.2, 0.25) is 0 Å². The number of rotatable bonds is 3. The molecule has 0 radical (unpaired) electrons. The van der Waals surface area contributed by atoms with Crippen LogP contribution in [0, 0.1) is 29.6 Å². The van der Waals surface area contributed by atoms with Gasteiger partial charge in [0.05, 0.1) is 27.9 Å². The van der Waals surface area contributed by atoms with Gasteiger partial charge in [-0.1, -0.05) is 23.1 Å². The fourth-order valence-corrected chi connectivity index (χ4v) is 4.25. The summed E-state index contributed by atoms with van der Waals surface area (Å²) in [6.45, 7) is 1.86. The van der Waals surface area contributed by atoms with Gasteiger partial charge in [-0.25, -0.2) is 9.97 Å². The summed E-state index contributed by atoms with van der Waals surface area (Å²) in [4.78, 5) is 9.05. The molecule has 0 saturated carbocycles. The molecule has 0 bridgehead atoms. The van der Waals surface area contributed by atoms with Crippen LogP contribution < -0.4 is 0 Å². The fourth-order valence-electron chi connectivity index (χ4n) is 1.86. The van der Waals surface area contributed by atoms with Gasteiger partial charge in [-0.2, -0.15) is 10.5 Å². The molecule has 0 saturated heterocycles. The van der Waals surface area contributed by atoms with Crippen LogP contribution in [-0.4, -0.2) is 26.4 Å². The molecule has 23 heavy (non-hydrogen) atoms. The minimum Gasteiger partial charge on any atom is -0.249 e. The molecule has 9 heteroatoms. The first-order valence-corrected chi connectivity index (χ1v) is 9.18. The number of fused-ring (bicyclic) bond motifs is 1. The normalized spacial score (nSPS) is 10.4. The minimum absolute atomic E-state index is 0.301. The molecule has 0 aliphatic rings. The summed E-state index contributed by atoms with van der Waals surface area (Å²) in [7, 11) is 0. The molecule has 2 heterocycles. The van der Waals surface area contributed by atoms with Gasteiger partial charge in [0.25, 0.3) is 0 Å². The van der Waals surface area contributed by atoms with Crippen LogP contribution in [0.15, 0.2) is 25.8 Å². The van der Waals surface area contributed by atoms with Crippen molar-refractivity contribution in [3.05, 3.63) is 29.0 Å². The van der Waals surface area contributed by atoms with Crippen LogP contribution in [0.5, 0.6) is 0 Å². The third kappa shape index (κ3) is 3.13. The lowest BCUT2D eigenvalue weighted by molar-refractivity contribution is 0.950. The lowest BCUT2D eigenvalue weighted by Crippen LogP contribution is -1.95. The standard InChI is InChI=1S/C14H8N6S3/c1-7-12(22-14-20-19-13(21-2)23-14)18-11-4-9(6-16)8(5-15)3-10(11)17-7/h3-4H,1-2H3. The lowest BCUT2D eigenvalue weighted by atomic mass is 10.1. The molecule has 1 aromatic carbocycles. The van der Waals surface area contributed by atoms with Gasteiger partial charge in [-0.15, -0.1) is 10.2 Å². The third-order valence-electron chi connectivity index (χ3n) is 2.92. The Morgan fingerprint density at radius 2 is 1.61 bits per heavy atom. The summed E-state index contributed by atoms with van der Waals surface area (Å²) in [6.07, 6.45) is 1.95. The first kappa shape index (κ1) is 15.7. The van der Waals surface area contributed by atoms with E-state index >= 15 is 0 Å². The first-order chi connectivity index (χ1) is 11.1. The zero-order chi connectivity index (χ0) is 16.4. The average molecular weight is 356 g/mol. The van der Waals surface area contributed by atoms with Gasteiger partial charge >= 0.3 is 0 Å². The number of hydrogen-bond acceptors (Lipinski definition) is 9. The Balaban J connectivity index is 2.06. The summed E-state index contributed by atoms with van der Waals surface area (Å²) >= 11 is 4.44. The second-order valence-corrected chi connectivity index (χ2v) is 7.63. The zero-order valence-corrected chi connectivity index (χ0v) is 14.5. The molecular weight excluding hydrogens is 348 g/mol. The van der Waals surface area contributed by atoms with E-state index in [0.29, 0.717) is 22.2 Å². The van der Waals surface area contributed by atoms with Crippen LogP contribution in [0.4, 0.5) is 0 Å². The Morgan fingerprint density at radius 3 is 2.17 bits per heavy atom. The van der Waals surface area contributed by atoms with E-state index in [-0.39, 0.29) is 0 Å². The predicted octanol–water partition coefficient (Wildman–Crippen LogP) is 3.41. The largest absolute Gasteiger partial charge is 0.249 e. The topological polar surface area (TPSA) is 99.1 Å². The molecule has 0 aliphatic carbocycles. The van der Waals surface area contributed by atoms with Crippen molar-refractivity contribution in [2.24, 2.45) is 0 Å². The Kier molecular flexibility index (Phi) is 4.44. The fraction of sp³-hybridized carbons (Fsp3) is 0.143. The summed E-state index contributed by atoms with van der Waals surface area (Å²) in [5.74, 6) is 0. The molecular formula is C14H8N6S3. The maximum atomic E-state index is 9.12. The van der Waals surface area contributed by atoms with Gasteiger partial charge in [-0.3, -0.25) is 0 Å². The van der Waals surface area contributed by atoms with E-state index in [0.717, 1.165) is 19.4 Å². The highest BCUT2D eigenvalue weighted by atomic mass is 32.2. The first-order valence-electron chi connectivity index (χ1n) is 6.32. The smallest absolute Gasteiger partial charge is 0.181 e. The number of thioether (sulfide) groups is 1. The highest BCUT2D eigenvalue weighted by Crippen LogP contribution is 2.33. The molecule has 112 valence electrons. The van der Waals surface area contributed by atoms with Gasteiger partial charge < -0.3 is 0 Å². The molecule has 0 fully saturated rings. The number of nitriles is 2. The molecule has 3 rings (SSSR count). The summed E-state index contributed by atoms with van der Waals surface area (Å²) in [5, 5.41) is 27.1. The van der Waals surface area contributed by atoms with Crippen molar-refractivity contribution in [1.82, 2.24) is 20.2 Å². The maximum Gasteiger partial charge on any atom is 0.181 e. The van der Waals surface area contributed by atoms with Crippen LogP contribution in [0.3, 0.4) is 0 Å². The molecule has 0 N–H and O–H groups in total. The van der Waals surface area contributed by atoms with Crippen LogP contribution in [-0.2, 0) is 0 Å². The average Bonchev–Trinajstić information content (AvgIpc) is 3.02. The maximum absolute atomic E-state index is 9.12. The van der Waals surface area contributed by atoms with E-state index in [4.69, 9.17) is 10.5 Å². The quantitative estimate of drug-likeness (QED) is 0.658. The molecule has 6 nitrogen and oxygen atoms in total. The zero-order valence-electron chi connectivity index (χ0n) is 12.1. The van der Waals surface area contributed by atoms with E-state index in [1.807, 2.05) is 25.3 Å². The van der Waals surface area contributed by atoms with Crippen LogP contribution in [0.2, 0.25) is 0 Å². The lowest BCUT2D eigenvalue weighted by Gasteiger charge is -2.05. The van der Waals surface area contributed by atoms with Crippen molar-refractivity contribution >= 4 is 45.9 Å². The number of aromatic nitrogens is 4. The van der Waals surface area contributed by atoms with Crippen molar-refractivity contribution in [2.75, 3.05) is 6.26 Å². The van der Waals surface area contributed by atoms with Crippen molar-refractivity contribution in [3.8, 4) is 12.1 Å². The predicted molar refractivity (Wildman–Crippen MR) is 89.5 cm³/mol. The van der Waals surface area contributed by atoms with Gasteiger partial charge in [0, 0.05) is 0 Å². The Bertz CT molecular complexity index is 983. The second kappa shape index (κ2) is 6.50. The summed E-state index contributed by atoms with van der Waals surface area (Å²) < 4.78 is 1.68. The molecule has 0 atom stereocenters. The number of nitrogens with zero attached hydrogens (tertiary/aromatic N) is 6. The molecule has 0 aliphatic heterocycles. The number of benzene rings is 1. The minimum atomic E-state index is 0.301. The van der Waals surface area contributed by atoms with E-state index in [1.54, 1.807) is 23.9 Å². The highest BCUT2D eigenvalue weighted by molar-refractivity contribution is 8.03. The van der Waals surface area contributed by atoms with Crippen LogP contribution >= 0.6 is 34.9 Å². The number of hydrogen-bond donors (Lipinski definition) is 0. The van der Waals surface area contributed by atoms with E-state index in [9.17, 15) is 0 Å². The SMILES string of the molecule is CSc1nnc(Sc2nc3cc(C#N)c(C#N)cc3nc2C)s1. The van der Waals surface area contributed by atoms with Crippen LogP contribution in [0.25, 0.3) is 11.0 Å². The third-order valence-corrected chi connectivity index (χ3v) is 5.95.